The van der Waals surface area contributed by atoms with E-state index in [1.54, 1.807) is 29.2 Å². The van der Waals surface area contributed by atoms with Crippen molar-refractivity contribution in [1.82, 2.24) is 24.8 Å². The zero-order chi connectivity index (χ0) is 15.4. The molecule has 2 aromatic heterocycles. The molecule has 7 heteroatoms. The number of imidazole rings is 1. The maximum atomic E-state index is 12.2. The molecule has 2 N–H and O–H groups in total. The normalized spacial score (nSPS) is 10.4. The number of rotatable bonds is 4. The zero-order valence-electron chi connectivity index (χ0n) is 11.6. The van der Waals surface area contributed by atoms with Crippen LogP contribution in [0.15, 0.2) is 55.0 Å². The first-order valence-electron chi connectivity index (χ1n) is 6.65. The molecule has 0 aliphatic rings. The Morgan fingerprint density at radius 1 is 1.18 bits per heavy atom. The van der Waals surface area contributed by atoms with Crippen molar-refractivity contribution in [3.05, 3.63) is 71.0 Å². The molecule has 22 heavy (non-hydrogen) atoms. The Morgan fingerprint density at radius 3 is 2.64 bits per heavy atom. The molecular formula is C15H13N5OS. The number of aromatic nitrogens is 4. The van der Waals surface area contributed by atoms with Gasteiger partial charge in [-0.2, -0.15) is 0 Å². The molecular weight excluding hydrogens is 298 g/mol. The van der Waals surface area contributed by atoms with Gasteiger partial charge in [-0.05, 0) is 23.8 Å². The second-order valence-electron chi connectivity index (χ2n) is 4.56. The fourth-order valence-electron chi connectivity index (χ4n) is 1.95. The summed E-state index contributed by atoms with van der Waals surface area (Å²) in [6, 6.07) is 11.4. The average molecular weight is 311 g/mol. The van der Waals surface area contributed by atoms with Crippen molar-refractivity contribution in [3.8, 4) is 5.95 Å². The van der Waals surface area contributed by atoms with Crippen LogP contribution in [0.25, 0.3) is 5.95 Å². The van der Waals surface area contributed by atoms with E-state index >= 15 is 0 Å². The lowest BCUT2D eigenvalue weighted by molar-refractivity contribution is 0.0946. The number of amides is 1. The van der Waals surface area contributed by atoms with Gasteiger partial charge in [0.15, 0.2) is 4.77 Å². The minimum absolute atomic E-state index is 0.232. The van der Waals surface area contributed by atoms with Gasteiger partial charge < -0.3 is 10.3 Å². The summed E-state index contributed by atoms with van der Waals surface area (Å²) in [7, 11) is 0. The lowest BCUT2D eigenvalue weighted by atomic mass is 10.2. The van der Waals surface area contributed by atoms with Crippen molar-refractivity contribution in [1.29, 1.82) is 0 Å². The Hall–Kier alpha value is -2.80. The largest absolute Gasteiger partial charge is 0.347 e. The minimum atomic E-state index is -0.232. The quantitative estimate of drug-likeness (QED) is 0.725. The molecule has 2 heterocycles. The summed E-state index contributed by atoms with van der Waals surface area (Å²) in [5.41, 5.74) is 1.40. The van der Waals surface area contributed by atoms with E-state index in [9.17, 15) is 4.79 Å². The van der Waals surface area contributed by atoms with Crippen LogP contribution in [0.5, 0.6) is 0 Å². The summed E-state index contributed by atoms with van der Waals surface area (Å²) < 4.78 is 1.93. The van der Waals surface area contributed by atoms with E-state index in [0.29, 0.717) is 23.0 Å². The smallest absolute Gasteiger partial charge is 0.269 e. The molecule has 0 saturated carbocycles. The van der Waals surface area contributed by atoms with Crippen LogP contribution in [0.2, 0.25) is 0 Å². The number of benzene rings is 1. The van der Waals surface area contributed by atoms with Gasteiger partial charge >= 0.3 is 0 Å². The maximum absolute atomic E-state index is 12.2. The van der Waals surface area contributed by atoms with Crippen LogP contribution in [-0.4, -0.2) is 25.4 Å². The number of carbonyl (C=O) groups excluding carboxylic acids is 1. The van der Waals surface area contributed by atoms with Crippen LogP contribution in [0, 0.1) is 4.77 Å². The van der Waals surface area contributed by atoms with Crippen LogP contribution in [-0.2, 0) is 6.54 Å². The fourth-order valence-corrected chi connectivity index (χ4v) is 2.19. The third kappa shape index (κ3) is 3.09. The van der Waals surface area contributed by atoms with Gasteiger partial charge in [-0.1, -0.05) is 30.3 Å². The highest BCUT2D eigenvalue weighted by molar-refractivity contribution is 7.71. The molecule has 3 aromatic rings. The molecule has 3 rings (SSSR count). The average Bonchev–Trinajstić information content (AvgIpc) is 2.96. The van der Waals surface area contributed by atoms with E-state index in [4.69, 9.17) is 12.2 Å². The molecule has 0 aliphatic heterocycles. The molecule has 0 atom stereocenters. The Morgan fingerprint density at radius 2 is 1.91 bits per heavy atom. The predicted molar refractivity (Wildman–Crippen MR) is 84.2 cm³/mol. The van der Waals surface area contributed by atoms with E-state index in [2.05, 4.69) is 20.3 Å². The van der Waals surface area contributed by atoms with Gasteiger partial charge in [0.25, 0.3) is 5.91 Å². The van der Waals surface area contributed by atoms with Gasteiger partial charge in [0.05, 0.1) is 0 Å². The monoisotopic (exact) mass is 311 g/mol. The van der Waals surface area contributed by atoms with E-state index in [1.165, 1.54) is 0 Å². The number of hydrogen-bond acceptors (Lipinski definition) is 4. The second kappa shape index (κ2) is 6.31. The van der Waals surface area contributed by atoms with E-state index in [-0.39, 0.29) is 5.91 Å². The number of H-pyrrole nitrogens is 1. The van der Waals surface area contributed by atoms with Crippen LogP contribution in [0.4, 0.5) is 0 Å². The van der Waals surface area contributed by atoms with Crippen molar-refractivity contribution in [2.75, 3.05) is 0 Å². The Labute approximate surface area is 131 Å². The Balaban J connectivity index is 1.75. The molecule has 1 aromatic carbocycles. The van der Waals surface area contributed by atoms with Gasteiger partial charge in [0, 0.05) is 25.1 Å². The molecule has 0 aliphatic carbocycles. The first-order valence-corrected chi connectivity index (χ1v) is 7.06. The highest BCUT2D eigenvalue weighted by Gasteiger charge is 2.11. The van der Waals surface area contributed by atoms with Crippen molar-refractivity contribution in [3.63, 3.8) is 0 Å². The first-order chi connectivity index (χ1) is 10.7. The third-order valence-corrected chi connectivity index (χ3v) is 3.33. The van der Waals surface area contributed by atoms with Crippen molar-refractivity contribution < 1.29 is 4.79 Å². The Kier molecular flexibility index (Phi) is 4.06. The molecule has 0 unspecified atom stereocenters. The first kappa shape index (κ1) is 14.2. The maximum Gasteiger partial charge on any atom is 0.269 e. The summed E-state index contributed by atoms with van der Waals surface area (Å²) >= 11 is 5.20. The lowest BCUT2D eigenvalue weighted by Crippen LogP contribution is -2.23. The van der Waals surface area contributed by atoms with Gasteiger partial charge in [-0.3, -0.25) is 9.36 Å². The van der Waals surface area contributed by atoms with Crippen LogP contribution >= 0.6 is 12.2 Å². The predicted octanol–water partition coefficient (Wildman–Crippen LogP) is 2.25. The fraction of sp³-hybridized carbons (Fsp3) is 0.0667. The van der Waals surface area contributed by atoms with Crippen molar-refractivity contribution in [2.45, 2.75) is 6.54 Å². The highest BCUT2D eigenvalue weighted by Crippen LogP contribution is 2.05. The number of aromatic amines is 1. The second-order valence-corrected chi connectivity index (χ2v) is 4.95. The van der Waals surface area contributed by atoms with Crippen LogP contribution in [0.1, 0.15) is 16.1 Å². The minimum Gasteiger partial charge on any atom is -0.347 e. The Bertz CT molecular complexity index is 826. The number of hydrogen-bond donors (Lipinski definition) is 2. The molecule has 0 saturated heterocycles. The number of carbonyl (C=O) groups is 1. The summed E-state index contributed by atoms with van der Waals surface area (Å²) in [6.07, 6.45) is 4.83. The van der Waals surface area contributed by atoms with Gasteiger partial charge in [0.2, 0.25) is 5.95 Å². The van der Waals surface area contributed by atoms with E-state index in [1.807, 2.05) is 30.3 Å². The van der Waals surface area contributed by atoms with Crippen LogP contribution < -0.4 is 5.32 Å². The van der Waals surface area contributed by atoms with Crippen LogP contribution in [0.3, 0.4) is 0 Å². The molecule has 0 bridgehead atoms. The molecule has 6 nitrogen and oxygen atoms in total. The zero-order valence-corrected chi connectivity index (χ0v) is 12.4. The lowest BCUT2D eigenvalue weighted by Gasteiger charge is -2.03. The standard InChI is InChI=1S/C15H13N5OS/c21-13(18-9-11-5-2-1-3-6-11)12-10-20(15(22)19-12)14-16-7-4-8-17-14/h1-8,10H,9H2,(H,18,21)(H,19,22). The molecule has 0 spiro atoms. The summed E-state index contributed by atoms with van der Waals surface area (Å²) in [6.45, 7) is 0.452. The highest BCUT2D eigenvalue weighted by atomic mass is 32.1. The van der Waals surface area contributed by atoms with Crippen molar-refractivity contribution >= 4 is 18.1 Å². The van der Waals surface area contributed by atoms with Crippen molar-refractivity contribution in [2.24, 2.45) is 0 Å². The molecule has 0 fully saturated rings. The number of nitrogens with zero attached hydrogens (tertiary/aromatic N) is 3. The summed E-state index contributed by atoms with van der Waals surface area (Å²) in [5, 5.41) is 2.84. The SMILES string of the molecule is O=C(NCc1ccccc1)c1cn(-c2ncccn2)c(=S)[nH]1. The van der Waals surface area contributed by atoms with Gasteiger partial charge in [-0.15, -0.1) is 0 Å². The van der Waals surface area contributed by atoms with E-state index < -0.39 is 0 Å². The van der Waals surface area contributed by atoms with Gasteiger partial charge in [-0.25, -0.2) is 9.97 Å². The molecule has 110 valence electrons. The number of nitrogens with one attached hydrogen (secondary N) is 2. The summed E-state index contributed by atoms with van der Waals surface area (Å²) in [5.74, 6) is 0.190. The molecule has 0 radical (unpaired) electrons. The molecule has 1 amide bonds. The third-order valence-electron chi connectivity index (χ3n) is 3.03. The summed E-state index contributed by atoms with van der Waals surface area (Å²) in [4.78, 5) is 23.3. The van der Waals surface area contributed by atoms with Gasteiger partial charge in [0.1, 0.15) is 5.69 Å². The topological polar surface area (TPSA) is 75.6 Å². The van der Waals surface area contributed by atoms with E-state index in [0.717, 1.165) is 5.56 Å².